The van der Waals surface area contributed by atoms with Crippen molar-refractivity contribution in [3.05, 3.63) is 95.1 Å². The van der Waals surface area contributed by atoms with Gasteiger partial charge >= 0.3 is 0 Å². The van der Waals surface area contributed by atoms with Crippen molar-refractivity contribution in [1.82, 2.24) is 5.32 Å². The van der Waals surface area contributed by atoms with Gasteiger partial charge in [0.15, 0.2) is 0 Å². The Morgan fingerprint density at radius 1 is 0.903 bits per heavy atom. The molecule has 162 valence electrons. The summed E-state index contributed by atoms with van der Waals surface area (Å²) >= 11 is 0. The first-order chi connectivity index (χ1) is 14.8. The molecular formula is C25H28N2O3S. The molecule has 0 aliphatic rings. The lowest BCUT2D eigenvalue weighted by Gasteiger charge is -2.16. The number of carbonyl (C=O) groups excluding carboxylic acids is 1. The van der Waals surface area contributed by atoms with Crippen molar-refractivity contribution in [1.29, 1.82) is 0 Å². The maximum atomic E-state index is 13.0. The zero-order valence-corrected chi connectivity index (χ0v) is 18.9. The Bertz CT molecular complexity index is 1160. The van der Waals surface area contributed by atoms with Crippen molar-refractivity contribution in [2.24, 2.45) is 0 Å². The van der Waals surface area contributed by atoms with E-state index in [2.05, 4.69) is 22.2 Å². The van der Waals surface area contributed by atoms with Gasteiger partial charge in [-0.15, -0.1) is 0 Å². The van der Waals surface area contributed by atoms with Gasteiger partial charge < -0.3 is 5.32 Å². The number of carbonyl (C=O) groups is 1. The van der Waals surface area contributed by atoms with E-state index < -0.39 is 10.0 Å². The second-order valence-electron chi connectivity index (χ2n) is 7.80. The van der Waals surface area contributed by atoms with Gasteiger partial charge in [-0.05, 0) is 68.5 Å². The highest BCUT2D eigenvalue weighted by Crippen LogP contribution is 2.23. The van der Waals surface area contributed by atoms with Crippen LogP contribution in [0.1, 0.15) is 40.4 Å². The van der Waals surface area contributed by atoms with Crippen molar-refractivity contribution in [2.75, 3.05) is 4.72 Å². The Morgan fingerprint density at radius 3 is 2.29 bits per heavy atom. The van der Waals surface area contributed by atoms with Crippen LogP contribution in [0.3, 0.4) is 0 Å². The fraction of sp³-hybridized carbons (Fsp3) is 0.240. The lowest BCUT2D eigenvalue weighted by Crippen LogP contribution is -2.33. The molecule has 5 nitrogen and oxygen atoms in total. The molecular weight excluding hydrogens is 408 g/mol. The molecule has 2 N–H and O–H groups in total. The van der Waals surface area contributed by atoms with E-state index in [9.17, 15) is 13.2 Å². The van der Waals surface area contributed by atoms with Crippen LogP contribution >= 0.6 is 0 Å². The molecule has 0 unspecified atom stereocenters. The Hall–Kier alpha value is -3.12. The second kappa shape index (κ2) is 9.79. The molecule has 3 aromatic carbocycles. The molecule has 1 amide bonds. The van der Waals surface area contributed by atoms with E-state index in [1.54, 1.807) is 31.2 Å². The van der Waals surface area contributed by atoms with E-state index in [4.69, 9.17) is 0 Å². The van der Waals surface area contributed by atoms with Gasteiger partial charge in [-0.25, -0.2) is 8.42 Å². The zero-order valence-electron chi connectivity index (χ0n) is 18.1. The fourth-order valence-electron chi connectivity index (χ4n) is 3.33. The third-order valence-corrected chi connectivity index (χ3v) is 6.72. The van der Waals surface area contributed by atoms with Crippen LogP contribution in [0.2, 0.25) is 0 Å². The van der Waals surface area contributed by atoms with Crippen LogP contribution in [-0.4, -0.2) is 20.4 Å². The molecule has 31 heavy (non-hydrogen) atoms. The summed E-state index contributed by atoms with van der Waals surface area (Å²) in [6, 6.07) is 22.0. The molecule has 3 rings (SSSR count). The van der Waals surface area contributed by atoms with E-state index in [0.717, 1.165) is 18.4 Å². The van der Waals surface area contributed by atoms with Crippen LogP contribution in [0.4, 0.5) is 5.69 Å². The maximum absolute atomic E-state index is 13.0. The predicted octanol–water partition coefficient (Wildman–Crippen LogP) is 4.86. The van der Waals surface area contributed by atoms with E-state index in [-0.39, 0.29) is 16.8 Å². The third kappa shape index (κ3) is 5.95. The van der Waals surface area contributed by atoms with Gasteiger partial charge in [0.25, 0.3) is 15.9 Å². The summed E-state index contributed by atoms with van der Waals surface area (Å²) in [5, 5.41) is 2.97. The summed E-state index contributed by atoms with van der Waals surface area (Å²) in [5.41, 5.74) is 3.46. The molecule has 0 aromatic heterocycles. The van der Waals surface area contributed by atoms with Crippen LogP contribution in [0.5, 0.6) is 0 Å². The van der Waals surface area contributed by atoms with Gasteiger partial charge in [0.1, 0.15) is 0 Å². The molecule has 0 aliphatic heterocycles. The smallest absolute Gasteiger partial charge is 0.262 e. The Labute approximate surface area is 184 Å². The molecule has 0 spiro atoms. The number of aryl methyl sites for hydroxylation is 3. The van der Waals surface area contributed by atoms with Crippen LogP contribution in [0.25, 0.3) is 0 Å². The van der Waals surface area contributed by atoms with Crippen molar-refractivity contribution in [2.45, 2.75) is 44.6 Å². The van der Waals surface area contributed by atoms with Crippen molar-refractivity contribution < 1.29 is 13.2 Å². The fourth-order valence-corrected chi connectivity index (χ4v) is 4.73. The molecule has 6 heteroatoms. The lowest BCUT2D eigenvalue weighted by atomic mass is 10.1. The number of rotatable bonds is 8. The van der Waals surface area contributed by atoms with Crippen LogP contribution in [0, 0.1) is 13.8 Å². The van der Waals surface area contributed by atoms with Gasteiger partial charge in [-0.1, -0.05) is 54.6 Å². The van der Waals surface area contributed by atoms with E-state index in [1.165, 1.54) is 11.6 Å². The molecule has 0 bridgehead atoms. The molecule has 0 saturated carbocycles. The molecule has 1 atom stereocenters. The molecule has 0 radical (unpaired) electrons. The van der Waals surface area contributed by atoms with Crippen molar-refractivity contribution in [3.8, 4) is 0 Å². The Kier molecular flexibility index (Phi) is 7.13. The van der Waals surface area contributed by atoms with E-state index >= 15 is 0 Å². The van der Waals surface area contributed by atoms with Crippen LogP contribution in [-0.2, 0) is 16.4 Å². The highest BCUT2D eigenvalue weighted by atomic mass is 32.2. The average molecular weight is 437 g/mol. The first-order valence-electron chi connectivity index (χ1n) is 10.3. The standard InChI is InChI=1S/C25H28N2O3S/c1-18-9-7-8-12-23(18)27-31(29,30)24-17-22(16-13-19(24)2)25(28)26-20(3)14-15-21-10-5-4-6-11-21/h4-13,16-17,20,27H,14-15H2,1-3H3,(H,26,28)/t20-/m0/s1. The number of benzene rings is 3. The average Bonchev–Trinajstić information content (AvgIpc) is 2.74. The normalized spacial score (nSPS) is 12.2. The monoisotopic (exact) mass is 436 g/mol. The van der Waals surface area contributed by atoms with Gasteiger partial charge in [-0.3, -0.25) is 9.52 Å². The number of hydrogen-bond acceptors (Lipinski definition) is 3. The molecule has 0 fully saturated rings. The number of hydrogen-bond donors (Lipinski definition) is 2. The Morgan fingerprint density at radius 2 is 1.58 bits per heavy atom. The van der Waals surface area contributed by atoms with Gasteiger partial charge in [0, 0.05) is 11.6 Å². The third-order valence-electron chi connectivity index (χ3n) is 5.22. The van der Waals surface area contributed by atoms with Crippen LogP contribution in [0.15, 0.2) is 77.7 Å². The van der Waals surface area contributed by atoms with Crippen molar-refractivity contribution >= 4 is 21.6 Å². The van der Waals surface area contributed by atoms with E-state index in [0.29, 0.717) is 16.8 Å². The summed E-state index contributed by atoms with van der Waals surface area (Å²) in [6.07, 6.45) is 1.65. The quantitative estimate of drug-likeness (QED) is 0.530. The minimum Gasteiger partial charge on any atom is -0.350 e. The van der Waals surface area contributed by atoms with Gasteiger partial charge in [-0.2, -0.15) is 0 Å². The first kappa shape index (κ1) is 22.6. The molecule has 0 aliphatic carbocycles. The predicted molar refractivity (Wildman–Crippen MR) is 125 cm³/mol. The topological polar surface area (TPSA) is 75.3 Å². The SMILES string of the molecule is Cc1ccccc1NS(=O)(=O)c1cc(C(=O)N[C@@H](C)CCc2ccccc2)ccc1C. The minimum absolute atomic E-state index is 0.0424. The number of nitrogens with one attached hydrogen (secondary N) is 2. The van der Waals surface area contributed by atoms with Gasteiger partial charge in [0.05, 0.1) is 10.6 Å². The van der Waals surface area contributed by atoms with E-state index in [1.807, 2.05) is 44.2 Å². The summed E-state index contributed by atoms with van der Waals surface area (Å²) in [4.78, 5) is 12.8. The van der Waals surface area contributed by atoms with Gasteiger partial charge in [0.2, 0.25) is 0 Å². The summed E-state index contributed by atoms with van der Waals surface area (Å²) in [7, 11) is -3.83. The summed E-state index contributed by atoms with van der Waals surface area (Å²) < 4.78 is 28.6. The number of sulfonamides is 1. The molecule has 0 saturated heterocycles. The van der Waals surface area contributed by atoms with Crippen molar-refractivity contribution in [3.63, 3.8) is 0 Å². The zero-order chi connectivity index (χ0) is 22.4. The number of anilines is 1. The summed E-state index contributed by atoms with van der Waals surface area (Å²) in [5.74, 6) is -0.284. The summed E-state index contributed by atoms with van der Waals surface area (Å²) in [6.45, 7) is 5.51. The number of amides is 1. The molecule has 3 aromatic rings. The van der Waals surface area contributed by atoms with Crippen LogP contribution < -0.4 is 10.0 Å². The highest BCUT2D eigenvalue weighted by molar-refractivity contribution is 7.92. The lowest BCUT2D eigenvalue weighted by molar-refractivity contribution is 0.0938. The largest absolute Gasteiger partial charge is 0.350 e. The second-order valence-corrected chi connectivity index (χ2v) is 9.45. The minimum atomic E-state index is -3.83. The molecule has 0 heterocycles. The maximum Gasteiger partial charge on any atom is 0.262 e. The first-order valence-corrected chi connectivity index (χ1v) is 11.8. The number of para-hydroxylation sites is 1. The Balaban J connectivity index is 1.72. The highest BCUT2D eigenvalue weighted by Gasteiger charge is 2.20.